The predicted molar refractivity (Wildman–Crippen MR) is 111 cm³/mol. The smallest absolute Gasteiger partial charge is 0.254 e. The van der Waals surface area contributed by atoms with Crippen LogP contribution in [0.25, 0.3) is 0 Å². The van der Waals surface area contributed by atoms with Crippen molar-refractivity contribution in [2.75, 3.05) is 27.3 Å². The summed E-state index contributed by atoms with van der Waals surface area (Å²) in [6, 6.07) is 11.5. The molecule has 1 aliphatic rings. The highest BCUT2D eigenvalue weighted by molar-refractivity contribution is 5.94. The van der Waals surface area contributed by atoms with Crippen molar-refractivity contribution in [1.29, 1.82) is 0 Å². The van der Waals surface area contributed by atoms with E-state index in [1.54, 1.807) is 26.4 Å². The Morgan fingerprint density at radius 3 is 2.43 bits per heavy atom. The summed E-state index contributed by atoms with van der Waals surface area (Å²) in [6.45, 7) is 1.15. The number of nitrogens with zero attached hydrogens (tertiary/aromatic N) is 1. The zero-order valence-corrected chi connectivity index (χ0v) is 17.3. The highest BCUT2D eigenvalue weighted by atomic mass is 19.1. The molecule has 1 heterocycles. The molecule has 3 rings (SSSR count). The van der Waals surface area contributed by atoms with Crippen LogP contribution in [0.2, 0.25) is 0 Å². The number of hydrogen-bond donors (Lipinski definition) is 1. The molecule has 7 heteroatoms. The summed E-state index contributed by atoms with van der Waals surface area (Å²) >= 11 is 0. The molecular weight excluding hydrogens is 387 g/mol. The number of likely N-dealkylation sites (tertiary alicyclic amines) is 1. The van der Waals surface area contributed by atoms with Crippen molar-refractivity contribution < 1.29 is 23.5 Å². The fourth-order valence-corrected chi connectivity index (χ4v) is 3.63. The topological polar surface area (TPSA) is 67.9 Å². The third-order valence-corrected chi connectivity index (χ3v) is 5.38. The van der Waals surface area contributed by atoms with Crippen molar-refractivity contribution in [3.8, 4) is 11.5 Å². The first-order valence-electron chi connectivity index (χ1n) is 10.1. The van der Waals surface area contributed by atoms with Gasteiger partial charge in [0.1, 0.15) is 5.82 Å². The first-order valence-corrected chi connectivity index (χ1v) is 10.1. The number of benzene rings is 2. The molecule has 160 valence electrons. The minimum Gasteiger partial charge on any atom is -0.493 e. The van der Waals surface area contributed by atoms with E-state index in [0.717, 1.165) is 5.56 Å². The van der Waals surface area contributed by atoms with Crippen molar-refractivity contribution in [2.45, 2.75) is 31.7 Å². The maximum atomic E-state index is 13.7. The second kappa shape index (κ2) is 10.1. The SMILES string of the molecule is COc1ccc(CCC(=O)N2CCC(NC(=O)c3ccccc3F)CC2)cc1OC. The molecule has 0 unspecified atom stereocenters. The lowest BCUT2D eigenvalue weighted by Gasteiger charge is -2.32. The van der Waals surface area contributed by atoms with Gasteiger partial charge in [0.05, 0.1) is 19.8 Å². The van der Waals surface area contributed by atoms with Crippen LogP contribution < -0.4 is 14.8 Å². The van der Waals surface area contributed by atoms with Gasteiger partial charge < -0.3 is 19.7 Å². The average Bonchev–Trinajstić information content (AvgIpc) is 2.78. The molecule has 0 radical (unpaired) electrons. The van der Waals surface area contributed by atoms with Gasteiger partial charge in [-0.25, -0.2) is 4.39 Å². The molecule has 0 bridgehead atoms. The second-order valence-corrected chi connectivity index (χ2v) is 7.30. The van der Waals surface area contributed by atoms with Crippen molar-refractivity contribution in [2.24, 2.45) is 0 Å². The van der Waals surface area contributed by atoms with Crippen LogP contribution in [0.15, 0.2) is 42.5 Å². The summed E-state index contributed by atoms with van der Waals surface area (Å²) in [5.74, 6) is 0.453. The summed E-state index contributed by atoms with van der Waals surface area (Å²) in [6.07, 6.45) is 2.33. The number of aryl methyl sites for hydroxylation is 1. The number of methoxy groups -OCH3 is 2. The minimum absolute atomic E-state index is 0.0472. The van der Waals surface area contributed by atoms with Gasteiger partial charge in [0.2, 0.25) is 5.91 Å². The molecule has 0 atom stereocenters. The number of rotatable bonds is 7. The van der Waals surface area contributed by atoms with Gasteiger partial charge in [0, 0.05) is 25.6 Å². The van der Waals surface area contributed by atoms with Crippen LogP contribution >= 0.6 is 0 Å². The molecule has 6 nitrogen and oxygen atoms in total. The Kier molecular flexibility index (Phi) is 7.27. The number of hydrogen-bond acceptors (Lipinski definition) is 4. The van der Waals surface area contributed by atoms with Crippen LogP contribution in [0.3, 0.4) is 0 Å². The van der Waals surface area contributed by atoms with E-state index in [-0.39, 0.29) is 17.5 Å². The van der Waals surface area contributed by atoms with Crippen LogP contribution in [0.4, 0.5) is 4.39 Å². The van der Waals surface area contributed by atoms with Crippen molar-refractivity contribution >= 4 is 11.8 Å². The van der Waals surface area contributed by atoms with Crippen LogP contribution in [-0.2, 0) is 11.2 Å². The van der Waals surface area contributed by atoms with E-state index in [2.05, 4.69) is 5.32 Å². The van der Waals surface area contributed by atoms with Gasteiger partial charge in [-0.3, -0.25) is 9.59 Å². The number of ether oxygens (including phenoxy) is 2. The predicted octanol–water partition coefficient (Wildman–Crippen LogP) is 3.20. The molecule has 0 spiro atoms. The number of halogens is 1. The normalized spacial score (nSPS) is 14.3. The minimum atomic E-state index is -0.530. The summed E-state index contributed by atoms with van der Waals surface area (Å²) < 4.78 is 24.3. The zero-order valence-electron chi connectivity index (χ0n) is 17.3. The largest absolute Gasteiger partial charge is 0.493 e. The van der Waals surface area contributed by atoms with Gasteiger partial charge in [0.25, 0.3) is 5.91 Å². The lowest BCUT2D eigenvalue weighted by Crippen LogP contribution is -2.46. The highest BCUT2D eigenvalue weighted by Crippen LogP contribution is 2.28. The maximum Gasteiger partial charge on any atom is 0.254 e. The number of nitrogens with one attached hydrogen (secondary N) is 1. The second-order valence-electron chi connectivity index (χ2n) is 7.30. The Morgan fingerprint density at radius 1 is 1.07 bits per heavy atom. The van der Waals surface area contributed by atoms with E-state index in [0.29, 0.717) is 50.3 Å². The van der Waals surface area contributed by atoms with Gasteiger partial charge >= 0.3 is 0 Å². The van der Waals surface area contributed by atoms with Crippen molar-refractivity contribution in [3.05, 3.63) is 59.4 Å². The van der Waals surface area contributed by atoms with E-state index in [4.69, 9.17) is 9.47 Å². The third kappa shape index (κ3) is 5.28. The molecule has 1 N–H and O–H groups in total. The first kappa shape index (κ1) is 21.6. The zero-order chi connectivity index (χ0) is 21.5. The van der Waals surface area contributed by atoms with Gasteiger partial charge in [-0.1, -0.05) is 18.2 Å². The summed E-state index contributed by atoms with van der Waals surface area (Å²) in [5.41, 5.74) is 1.05. The number of piperidine rings is 1. The number of amides is 2. The fourth-order valence-electron chi connectivity index (χ4n) is 3.63. The summed E-state index contributed by atoms with van der Waals surface area (Å²) in [5, 5.41) is 2.87. The Balaban J connectivity index is 1.46. The maximum absolute atomic E-state index is 13.7. The highest BCUT2D eigenvalue weighted by Gasteiger charge is 2.24. The van der Waals surface area contributed by atoms with Gasteiger partial charge in [0.15, 0.2) is 11.5 Å². The van der Waals surface area contributed by atoms with Crippen molar-refractivity contribution in [3.63, 3.8) is 0 Å². The molecule has 2 amide bonds. The molecule has 1 fully saturated rings. The molecule has 1 aliphatic heterocycles. The lowest BCUT2D eigenvalue weighted by atomic mass is 10.0. The summed E-state index contributed by atoms with van der Waals surface area (Å²) in [7, 11) is 3.17. The first-order chi connectivity index (χ1) is 14.5. The van der Waals surface area contributed by atoms with E-state index in [1.807, 2.05) is 23.1 Å². The fraction of sp³-hybridized carbons (Fsp3) is 0.391. The van der Waals surface area contributed by atoms with E-state index in [1.165, 1.54) is 12.1 Å². The van der Waals surface area contributed by atoms with Crippen molar-refractivity contribution in [1.82, 2.24) is 10.2 Å². The van der Waals surface area contributed by atoms with Gasteiger partial charge in [-0.15, -0.1) is 0 Å². The molecule has 1 saturated heterocycles. The number of carbonyl (C=O) groups excluding carboxylic acids is 2. The molecular formula is C23H27FN2O4. The van der Waals surface area contributed by atoms with Crippen LogP contribution in [0.1, 0.15) is 35.2 Å². The third-order valence-electron chi connectivity index (χ3n) is 5.38. The standard InChI is InChI=1S/C23H27FN2O4/c1-29-20-9-7-16(15-21(20)30-2)8-10-22(27)26-13-11-17(12-14-26)25-23(28)18-5-3-4-6-19(18)24/h3-7,9,15,17H,8,10-14H2,1-2H3,(H,25,28). The Bertz CT molecular complexity index is 895. The monoisotopic (exact) mass is 414 g/mol. The summed E-state index contributed by atoms with van der Waals surface area (Å²) in [4.78, 5) is 26.7. The molecule has 2 aromatic carbocycles. The van der Waals surface area contributed by atoms with E-state index >= 15 is 0 Å². The van der Waals surface area contributed by atoms with E-state index < -0.39 is 11.7 Å². The quantitative estimate of drug-likeness (QED) is 0.756. The Hall–Kier alpha value is -3.09. The average molecular weight is 414 g/mol. The molecule has 30 heavy (non-hydrogen) atoms. The molecule has 2 aromatic rings. The number of carbonyl (C=O) groups is 2. The molecule has 0 aromatic heterocycles. The van der Waals surface area contributed by atoms with Gasteiger partial charge in [-0.2, -0.15) is 0 Å². The molecule has 0 aliphatic carbocycles. The van der Waals surface area contributed by atoms with E-state index in [9.17, 15) is 14.0 Å². The lowest BCUT2D eigenvalue weighted by molar-refractivity contribution is -0.132. The molecule has 0 saturated carbocycles. The van der Waals surface area contributed by atoms with Crippen LogP contribution in [0, 0.1) is 5.82 Å². The van der Waals surface area contributed by atoms with Crippen LogP contribution in [0.5, 0.6) is 11.5 Å². The van der Waals surface area contributed by atoms with Gasteiger partial charge in [-0.05, 0) is 49.1 Å². The Labute approximate surface area is 176 Å². The van der Waals surface area contributed by atoms with Crippen LogP contribution in [-0.4, -0.2) is 50.1 Å². The Morgan fingerprint density at radius 2 is 1.77 bits per heavy atom.